The molecule has 30 heteroatoms. The van der Waals surface area contributed by atoms with Crippen molar-refractivity contribution >= 4 is 40.5 Å². The van der Waals surface area contributed by atoms with Crippen molar-refractivity contribution in [2.24, 2.45) is 0 Å². The van der Waals surface area contributed by atoms with Crippen molar-refractivity contribution in [3.63, 3.8) is 0 Å². The Morgan fingerprint density at radius 1 is 0.353 bits per heavy atom. The summed E-state index contributed by atoms with van der Waals surface area (Å²) in [7, 11) is -24.4. The third-order valence-electron chi connectivity index (χ3n) is 1.13. The van der Waals surface area contributed by atoms with Gasteiger partial charge in [-0.15, -0.1) is 0 Å². The van der Waals surface area contributed by atoms with Gasteiger partial charge in [-0.05, 0) is 0 Å². The average molecular weight is 793 g/mol. The van der Waals surface area contributed by atoms with Crippen LogP contribution >= 0.6 is 0 Å². The van der Waals surface area contributed by atoms with Crippen LogP contribution in [0, 0.1) is 0 Å². The molecule has 2 N–H and O–H groups in total. The van der Waals surface area contributed by atoms with Crippen molar-refractivity contribution in [1.82, 2.24) is 0 Å². The maximum Gasteiger partial charge on any atom is 4.00 e. The van der Waals surface area contributed by atoms with E-state index in [1.54, 1.807) is 0 Å². The van der Waals surface area contributed by atoms with Crippen LogP contribution in [0.3, 0.4) is 0 Å². The molecule has 0 aromatic carbocycles. The first kappa shape index (κ1) is 46.9. The maximum atomic E-state index is 10.7. The van der Waals surface area contributed by atoms with Crippen LogP contribution in [0.1, 0.15) is 0 Å². The average Bonchev–Trinajstić information content (AvgIpc) is 2.30. The van der Waals surface area contributed by atoms with Gasteiger partial charge < -0.3 is 23.7 Å². The fraction of sp³-hybridized carbons (Fsp3) is 1.00. The van der Waals surface area contributed by atoms with Crippen molar-refractivity contribution in [2.45, 2.75) is 22.0 Å². The van der Waals surface area contributed by atoms with Crippen LogP contribution in [0.2, 0.25) is 0 Å². The van der Waals surface area contributed by atoms with Crippen molar-refractivity contribution in [1.29, 1.82) is 0 Å². The molecule has 0 radical (unpaired) electrons. The zero-order valence-corrected chi connectivity index (χ0v) is 20.9. The van der Waals surface area contributed by atoms with E-state index in [-0.39, 0.29) is 31.3 Å². The molecule has 0 aromatic heterocycles. The van der Waals surface area contributed by atoms with E-state index >= 15 is 0 Å². The third-order valence-corrected chi connectivity index (χ3v) is 3.40. The smallest absolute Gasteiger partial charge is 0.741 e. The Kier molecular flexibility index (Phi) is 19.9. The topological polar surface area (TPSA) is 260 Å². The minimum Gasteiger partial charge on any atom is -0.741 e. The van der Waals surface area contributed by atoms with Gasteiger partial charge in [-0.2, -0.15) is 52.7 Å². The van der Waals surface area contributed by atoms with E-state index in [0.717, 1.165) is 0 Å². The summed E-state index contributed by atoms with van der Waals surface area (Å²) in [6.45, 7) is 0. The molecule has 0 bridgehead atoms. The minimum absolute atomic E-state index is 0. The zero-order valence-electron chi connectivity index (χ0n) is 14.1. The van der Waals surface area contributed by atoms with Crippen LogP contribution in [0.4, 0.5) is 52.7 Å². The second-order valence-electron chi connectivity index (χ2n) is 3.60. The van der Waals surface area contributed by atoms with Crippen molar-refractivity contribution in [3.8, 4) is 0 Å². The van der Waals surface area contributed by atoms with Crippen LogP contribution in [0.25, 0.3) is 0 Å². The first-order chi connectivity index (χ1) is 13.0. The molecule has 0 aliphatic heterocycles. The first-order valence-electron chi connectivity index (χ1n) is 5.08. The summed E-state index contributed by atoms with van der Waals surface area (Å²) in [5.41, 5.74) is -22.6. The number of alkyl halides is 12. The molecular formula is C4H2F12HfO13S4. The standard InChI is InChI=1S/4CHF3O3S.Hf.H2O/c4*2-1(3,4)8(5,6)7;;/h4*(H,5,6,7);;1H2/q;;;;+4;/p-4. The van der Waals surface area contributed by atoms with Gasteiger partial charge in [0.25, 0.3) is 0 Å². The molecular weight excluding hydrogens is 791 g/mol. The van der Waals surface area contributed by atoms with Gasteiger partial charge >= 0.3 is 47.9 Å². The Morgan fingerprint density at radius 2 is 0.382 bits per heavy atom. The molecule has 0 aromatic rings. The molecule has 13 nitrogen and oxygen atoms in total. The normalized spacial score (nSPS) is 13.2. The summed E-state index contributed by atoms with van der Waals surface area (Å²) >= 11 is 0. The summed E-state index contributed by atoms with van der Waals surface area (Å²) in [5.74, 6) is 0. The van der Waals surface area contributed by atoms with Crippen LogP contribution in [0.15, 0.2) is 0 Å². The molecule has 0 unspecified atom stereocenters. The second kappa shape index (κ2) is 14.4. The summed E-state index contributed by atoms with van der Waals surface area (Å²) < 4.78 is 236. The molecule has 0 aliphatic rings. The van der Waals surface area contributed by atoms with Gasteiger partial charge in [0, 0.05) is 0 Å². The molecule has 0 heterocycles. The fourth-order valence-electron chi connectivity index (χ4n) is 0. The fourth-order valence-corrected chi connectivity index (χ4v) is 0. The second-order valence-corrected chi connectivity index (χ2v) is 9.08. The van der Waals surface area contributed by atoms with Gasteiger partial charge in [0.15, 0.2) is 40.5 Å². The maximum absolute atomic E-state index is 10.7. The van der Waals surface area contributed by atoms with Crippen LogP contribution in [0.5, 0.6) is 0 Å². The number of hydrogen-bond acceptors (Lipinski definition) is 12. The third kappa shape index (κ3) is 23.4. The monoisotopic (exact) mass is 794 g/mol. The molecule has 0 atom stereocenters. The Morgan fingerprint density at radius 3 is 0.382 bits per heavy atom. The first-order valence-corrected chi connectivity index (χ1v) is 10.7. The molecule has 34 heavy (non-hydrogen) atoms. The summed E-state index contributed by atoms with van der Waals surface area (Å²) in [5, 5.41) is 0. The largest absolute Gasteiger partial charge is 4.00 e. The van der Waals surface area contributed by atoms with E-state index in [1.165, 1.54) is 0 Å². The molecule has 0 fully saturated rings. The van der Waals surface area contributed by atoms with Crippen LogP contribution in [-0.4, -0.2) is 79.4 Å². The zero-order chi connectivity index (χ0) is 28.0. The Labute approximate surface area is 198 Å². The van der Waals surface area contributed by atoms with Gasteiger partial charge in [0.2, 0.25) is 0 Å². The molecule has 0 saturated heterocycles. The van der Waals surface area contributed by atoms with Gasteiger partial charge in [0.05, 0.1) is 0 Å². The summed E-state index contributed by atoms with van der Waals surface area (Å²) in [4.78, 5) is 0. The van der Waals surface area contributed by atoms with Crippen molar-refractivity contribution < 1.29 is 136 Å². The van der Waals surface area contributed by atoms with Crippen molar-refractivity contribution in [3.05, 3.63) is 0 Å². The molecule has 0 saturated carbocycles. The van der Waals surface area contributed by atoms with E-state index < -0.39 is 62.5 Å². The predicted octanol–water partition coefficient (Wildman–Crippen LogP) is -0.622. The predicted molar refractivity (Wildman–Crippen MR) is 66.6 cm³/mol. The van der Waals surface area contributed by atoms with Crippen LogP contribution < -0.4 is 0 Å². The Hall–Kier alpha value is -0.370. The van der Waals surface area contributed by atoms with E-state index in [9.17, 15) is 52.7 Å². The van der Waals surface area contributed by atoms with Gasteiger partial charge in [-0.1, -0.05) is 0 Å². The number of rotatable bonds is 0. The van der Waals surface area contributed by atoms with Crippen LogP contribution in [-0.2, 0) is 66.3 Å². The van der Waals surface area contributed by atoms with E-state index in [2.05, 4.69) is 0 Å². The molecule has 0 spiro atoms. The van der Waals surface area contributed by atoms with Gasteiger partial charge in [0.1, 0.15) is 0 Å². The van der Waals surface area contributed by atoms with Gasteiger partial charge in [-0.25, -0.2) is 33.7 Å². The minimum atomic E-state index is -6.09. The Bertz CT molecular complexity index is 830. The molecule has 0 amide bonds. The summed E-state index contributed by atoms with van der Waals surface area (Å²) in [6.07, 6.45) is 0. The van der Waals surface area contributed by atoms with E-state index in [4.69, 9.17) is 51.9 Å². The van der Waals surface area contributed by atoms with Gasteiger partial charge in [-0.3, -0.25) is 0 Å². The van der Waals surface area contributed by atoms with Crippen molar-refractivity contribution in [2.75, 3.05) is 0 Å². The SMILES string of the molecule is O.O=S(=O)([O-])C(F)(F)F.O=S(=O)([O-])C(F)(F)F.O=S(=O)([O-])C(F)(F)F.O=S(=O)([O-])C(F)(F)F.[Hf+4]. The quantitative estimate of drug-likeness (QED) is 0.129. The summed E-state index contributed by atoms with van der Waals surface area (Å²) in [6, 6.07) is 0. The van der Waals surface area contributed by atoms with E-state index in [0.29, 0.717) is 0 Å². The molecule has 208 valence electrons. The number of halogens is 12. The van der Waals surface area contributed by atoms with E-state index in [1.807, 2.05) is 0 Å². The Balaban J connectivity index is -0.0000000754. The molecule has 0 rings (SSSR count). The number of hydrogen-bond donors (Lipinski definition) is 0. The molecule has 0 aliphatic carbocycles.